The van der Waals surface area contributed by atoms with Gasteiger partial charge in [-0.05, 0) is 78.5 Å². The van der Waals surface area contributed by atoms with E-state index in [-0.39, 0.29) is 0 Å². The monoisotopic (exact) mass is 471 g/mol. The number of aryl methyl sites for hydroxylation is 1. The van der Waals surface area contributed by atoms with E-state index >= 15 is 0 Å². The Hall–Kier alpha value is 0.450. The molecular weight excluding hydrogens is 465 g/mol. The molecule has 0 bridgehead atoms. The molecule has 0 aliphatic carbocycles. The number of nitrogens with one attached hydrogen (secondary N) is 1. The van der Waals surface area contributed by atoms with Crippen molar-refractivity contribution in [1.29, 1.82) is 0 Å². The summed E-state index contributed by atoms with van der Waals surface area (Å²) in [5, 5.41) is 4.15. The first-order valence-electron chi connectivity index (χ1n) is 5.10. The molecule has 1 heterocycles. The minimum absolute atomic E-state index is 0.771. The molecule has 0 atom stereocenters. The van der Waals surface area contributed by atoms with Gasteiger partial charge in [0.05, 0.1) is 9.47 Å². The SMILES string of the molecule is Cc1cc(Br)c(NCc2cc(Br)c(Br)s2)cc1Cl. The van der Waals surface area contributed by atoms with Crippen LogP contribution < -0.4 is 5.32 Å². The number of hydrogen-bond acceptors (Lipinski definition) is 2. The standard InChI is InChI=1S/C12H9Br3ClNS/c1-6-2-8(13)11(4-10(6)16)17-5-7-3-9(14)12(15)18-7/h2-4,17H,5H2,1H3. The van der Waals surface area contributed by atoms with Gasteiger partial charge in [-0.3, -0.25) is 0 Å². The fraction of sp³-hybridized carbons (Fsp3) is 0.167. The molecule has 6 heteroatoms. The number of thiophene rings is 1. The topological polar surface area (TPSA) is 12.0 Å². The van der Waals surface area contributed by atoms with E-state index in [1.165, 1.54) is 4.88 Å². The molecule has 0 saturated carbocycles. The third-order valence-electron chi connectivity index (χ3n) is 2.40. The van der Waals surface area contributed by atoms with Crippen LogP contribution in [0.25, 0.3) is 0 Å². The van der Waals surface area contributed by atoms with Crippen molar-refractivity contribution in [3.63, 3.8) is 0 Å². The molecule has 0 aliphatic rings. The maximum Gasteiger partial charge on any atom is 0.0843 e. The average molecular weight is 474 g/mol. The minimum atomic E-state index is 0.771. The summed E-state index contributed by atoms with van der Waals surface area (Å²) < 4.78 is 3.23. The molecule has 1 aromatic heterocycles. The summed E-state index contributed by atoms with van der Waals surface area (Å²) >= 11 is 18.3. The molecule has 0 saturated heterocycles. The lowest BCUT2D eigenvalue weighted by Crippen LogP contribution is -1.98. The second-order valence-electron chi connectivity index (χ2n) is 3.77. The van der Waals surface area contributed by atoms with Gasteiger partial charge in [0.1, 0.15) is 0 Å². The third kappa shape index (κ3) is 3.51. The summed E-state index contributed by atoms with van der Waals surface area (Å²) in [5.41, 5.74) is 2.07. The van der Waals surface area contributed by atoms with Crippen LogP contribution in [0.15, 0.2) is 30.9 Å². The molecule has 2 rings (SSSR count). The van der Waals surface area contributed by atoms with Gasteiger partial charge in [-0.1, -0.05) is 11.6 Å². The normalized spacial score (nSPS) is 10.7. The van der Waals surface area contributed by atoms with Crippen LogP contribution >= 0.6 is 70.7 Å². The summed E-state index contributed by atoms with van der Waals surface area (Å²) in [6.45, 7) is 2.76. The minimum Gasteiger partial charge on any atom is -0.379 e. The van der Waals surface area contributed by atoms with Gasteiger partial charge in [-0.25, -0.2) is 0 Å². The van der Waals surface area contributed by atoms with Crippen molar-refractivity contribution in [1.82, 2.24) is 0 Å². The quantitative estimate of drug-likeness (QED) is 0.528. The molecule has 0 spiro atoms. The molecule has 0 unspecified atom stereocenters. The van der Waals surface area contributed by atoms with Crippen LogP contribution in [-0.2, 0) is 6.54 Å². The molecule has 1 aromatic carbocycles. The van der Waals surface area contributed by atoms with Crippen molar-refractivity contribution in [2.75, 3.05) is 5.32 Å². The van der Waals surface area contributed by atoms with Crippen molar-refractivity contribution in [3.05, 3.63) is 46.4 Å². The van der Waals surface area contributed by atoms with Crippen molar-refractivity contribution in [2.24, 2.45) is 0 Å². The predicted molar refractivity (Wildman–Crippen MR) is 90.9 cm³/mol. The smallest absolute Gasteiger partial charge is 0.0843 e. The molecule has 2 aromatic rings. The highest BCUT2D eigenvalue weighted by Gasteiger charge is 2.07. The maximum absolute atomic E-state index is 6.12. The molecule has 0 fully saturated rings. The summed E-state index contributed by atoms with van der Waals surface area (Å²) in [6, 6.07) is 6.06. The number of hydrogen-bond donors (Lipinski definition) is 1. The van der Waals surface area contributed by atoms with E-state index in [4.69, 9.17) is 11.6 Å². The van der Waals surface area contributed by atoms with E-state index in [0.29, 0.717) is 0 Å². The predicted octanol–water partition coefficient (Wildman–Crippen LogP) is 6.61. The molecule has 0 radical (unpaired) electrons. The van der Waals surface area contributed by atoms with E-state index in [9.17, 15) is 0 Å². The first kappa shape index (κ1) is 14.9. The van der Waals surface area contributed by atoms with Crippen LogP contribution in [0, 0.1) is 6.92 Å². The zero-order valence-corrected chi connectivity index (χ0v) is 15.7. The highest BCUT2D eigenvalue weighted by Crippen LogP contribution is 2.34. The largest absolute Gasteiger partial charge is 0.379 e. The lowest BCUT2D eigenvalue weighted by molar-refractivity contribution is 1.18. The van der Waals surface area contributed by atoms with Gasteiger partial charge < -0.3 is 5.32 Å². The second kappa shape index (κ2) is 6.27. The molecule has 0 amide bonds. The maximum atomic E-state index is 6.12. The Morgan fingerprint density at radius 3 is 2.50 bits per heavy atom. The van der Waals surface area contributed by atoms with Crippen molar-refractivity contribution < 1.29 is 0 Å². The Kier molecular flexibility index (Phi) is 5.17. The van der Waals surface area contributed by atoms with Crippen LogP contribution in [0.3, 0.4) is 0 Å². The van der Waals surface area contributed by atoms with Crippen molar-refractivity contribution in [2.45, 2.75) is 13.5 Å². The van der Waals surface area contributed by atoms with E-state index < -0.39 is 0 Å². The number of anilines is 1. The molecule has 1 N–H and O–H groups in total. The third-order valence-corrected chi connectivity index (χ3v) is 6.72. The number of halogens is 4. The molecule has 0 aliphatic heterocycles. The van der Waals surface area contributed by atoms with Crippen LogP contribution in [0.5, 0.6) is 0 Å². The van der Waals surface area contributed by atoms with Gasteiger partial charge in [0.15, 0.2) is 0 Å². The Bertz CT molecular complexity index is 563. The Morgan fingerprint density at radius 1 is 1.17 bits per heavy atom. The molecule has 96 valence electrons. The van der Waals surface area contributed by atoms with Gasteiger partial charge >= 0.3 is 0 Å². The Labute approximate surface area is 140 Å². The Balaban J connectivity index is 2.13. The van der Waals surface area contributed by atoms with Crippen molar-refractivity contribution in [3.8, 4) is 0 Å². The van der Waals surface area contributed by atoms with Crippen LogP contribution in [0.1, 0.15) is 10.4 Å². The van der Waals surface area contributed by atoms with Crippen LogP contribution in [0.2, 0.25) is 5.02 Å². The lowest BCUT2D eigenvalue weighted by atomic mass is 10.2. The highest BCUT2D eigenvalue weighted by atomic mass is 79.9. The zero-order chi connectivity index (χ0) is 13.3. The molecule has 18 heavy (non-hydrogen) atoms. The number of rotatable bonds is 3. The summed E-state index contributed by atoms with van der Waals surface area (Å²) in [4.78, 5) is 1.25. The average Bonchev–Trinajstić information content (AvgIpc) is 2.62. The molecule has 1 nitrogen and oxygen atoms in total. The van der Waals surface area contributed by atoms with E-state index in [0.717, 1.165) is 35.6 Å². The lowest BCUT2D eigenvalue weighted by Gasteiger charge is -2.09. The van der Waals surface area contributed by atoms with Crippen molar-refractivity contribution >= 4 is 76.4 Å². The fourth-order valence-electron chi connectivity index (χ4n) is 1.44. The van der Waals surface area contributed by atoms with Gasteiger partial charge in [0.25, 0.3) is 0 Å². The number of benzene rings is 1. The Morgan fingerprint density at radius 2 is 1.89 bits per heavy atom. The summed E-state index contributed by atoms with van der Waals surface area (Å²) in [7, 11) is 0. The fourth-order valence-corrected chi connectivity index (χ4v) is 4.32. The highest BCUT2D eigenvalue weighted by molar-refractivity contribution is 9.13. The van der Waals surface area contributed by atoms with Crippen LogP contribution in [-0.4, -0.2) is 0 Å². The summed E-state index contributed by atoms with van der Waals surface area (Å²) in [6.07, 6.45) is 0. The van der Waals surface area contributed by atoms with Crippen LogP contribution in [0.4, 0.5) is 5.69 Å². The summed E-state index contributed by atoms with van der Waals surface area (Å²) in [5.74, 6) is 0. The van der Waals surface area contributed by atoms with Gasteiger partial charge in [0, 0.05) is 25.4 Å². The molecular formula is C12H9Br3ClNS. The van der Waals surface area contributed by atoms with E-state index in [1.807, 2.05) is 19.1 Å². The second-order valence-corrected chi connectivity index (χ2v) is 8.34. The van der Waals surface area contributed by atoms with Gasteiger partial charge in [-0.15, -0.1) is 11.3 Å². The first-order chi connectivity index (χ1) is 8.47. The zero-order valence-electron chi connectivity index (χ0n) is 9.36. The van der Waals surface area contributed by atoms with Gasteiger partial charge in [0.2, 0.25) is 0 Å². The first-order valence-corrected chi connectivity index (χ1v) is 8.68. The van der Waals surface area contributed by atoms with E-state index in [1.54, 1.807) is 11.3 Å². The van der Waals surface area contributed by atoms with Gasteiger partial charge in [-0.2, -0.15) is 0 Å². The van der Waals surface area contributed by atoms with E-state index in [2.05, 4.69) is 59.2 Å².